The molecular formula is C47H54N8O7S2. The highest BCUT2D eigenvalue weighted by atomic mass is 32.2. The molecule has 336 valence electrons. The quantitative estimate of drug-likeness (QED) is 0.0951. The smallest absolute Gasteiger partial charge is 0.407 e. The van der Waals surface area contributed by atoms with Gasteiger partial charge in [0.25, 0.3) is 0 Å². The number of nitrogens with zero attached hydrogens (tertiary/aromatic N) is 4. The van der Waals surface area contributed by atoms with Gasteiger partial charge in [0, 0.05) is 61.1 Å². The number of likely N-dealkylation sites (tertiary alicyclic amines) is 2. The highest BCUT2D eigenvalue weighted by Crippen LogP contribution is 2.54. The molecule has 1 saturated carbocycles. The Hall–Kier alpha value is -5.81. The Balaban J connectivity index is 0.958. The number of nitrogens with one attached hydrogen (secondary N) is 4. The molecule has 15 nitrogen and oxygen atoms in total. The average Bonchev–Trinajstić information content (AvgIpc) is 4.15. The van der Waals surface area contributed by atoms with Crippen LogP contribution in [0.4, 0.5) is 9.59 Å². The second-order valence-electron chi connectivity index (χ2n) is 17.8. The summed E-state index contributed by atoms with van der Waals surface area (Å²) < 4.78 is 24.0. The molecule has 2 aliphatic heterocycles. The Kier molecular flexibility index (Phi) is 11.7. The summed E-state index contributed by atoms with van der Waals surface area (Å²) in [5.74, 6) is 1.45. The van der Waals surface area contributed by atoms with Gasteiger partial charge in [-0.05, 0) is 92.7 Å². The van der Waals surface area contributed by atoms with Crippen molar-refractivity contribution in [1.29, 1.82) is 0 Å². The number of fused-ring (bicyclic) bond motifs is 6. The van der Waals surface area contributed by atoms with Crippen molar-refractivity contribution in [2.24, 2.45) is 11.8 Å². The third-order valence-electron chi connectivity index (χ3n) is 13.7. The number of imidazole rings is 2. The Labute approximate surface area is 377 Å². The normalized spacial score (nSPS) is 22.1. The zero-order chi connectivity index (χ0) is 45.0. The number of piperidine rings is 1. The second-order valence-corrected chi connectivity index (χ2v) is 20.5. The van der Waals surface area contributed by atoms with E-state index in [0.717, 1.165) is 86.6 Å². The Bertz CT molecular complexity index is 2820. The third kappa shape index (κ3) is 7.79. The molecule has 4 amide bonds. The van der Waals surface area contributed by atoms with E-state index >= 15 is 0 Å². The number of H-pyrrole nitrogens is 2. The highest BCUT2D eigenvalue weighted by molar-refractivity contribution is 7.84. The largest absolute Gasteiger partial charge is 0.453 e. The minimum Gasteiger partial charge on any atom is -0.453 e. The van der Waals surface area contributed by atoms with E-state index in [2.05, 4.69) is 76.1 Å². The van der Waals surface area contributed by atoms with Crippen molar-refractivity contribution in [3.8, 4) is 22.4 Å². The van der Waals surface area contributed by atoms with Gasteiger partial charge in [-0.2, -0.15) is 0 Å². The summed E-state index contributed by atoms with van der Waals surface area (Å²) in [5, 5.41) is 7.76. The molecule has 3 fully saturated rings. The monoisotopic (exact) mass is 906 g/mol. The van der Waals surface area contributed by atoms with Gasteiger partial charge in [-0.15, -0.1) is 11.3 Å². The molecule has 3 aromatic carbocycles. The maximum atomic E-state index is 14.3. The van der Waals surface area contributed by atoms with E-state index in [1.165, 1.54) is 25.0 Å². The van der Waals surface area contributed by atoms with Crippen LogP contribution in [-0.4, -0.2) is 109 Å². The fourth-order valence-electron chi connectivity index (χ4n) is 10.3. The first kappa shape index (κ1) is 43.4. The van der Waals surface area contributed by atoms with Crippen molar-refractivity contribution in [2.75, 3.05) is 32.8 Å². The predicted octanol–water partition coefficient (Wildman–Crippen LogP) is 7.75. The van der Waals surface area contributed by atoms with E-state index in [1.54, 1.807) is 17.6 Å². The van der Waals surface area contributed by atoms with Gasteiger partial charge < -0.3 is 39.9 Å². The van der Waals surface area contributed by atoms with Crippen LogP contribution in [-0.2, 0) is 35.4 Å². The van der Waals surface area contributed by atoms with Gasteiger partial charge in [0.2, 0.25) is 11.8 Å². The molecule has 0 radical (unpaired) electrons. The van der Waals surface area contributed by atoms with Crippen molar-refractivity contribution < 1.29 is 32.9 Å². The van der Waals surface area contributed by atoms with Crippen molar-refractivity contribution in [1.82, 2.24) is 40.4 Å². The number of amides is 4. The van der Waals surface area contributed by atoms with Gasteiger partial charge in [0.1, 0.15) is 29.3 Å². The summed E-state index contributed by atoms with van der Waals surface area (Å²) in [5.41, 5.74) is 4.93. The molecular weight excluding hydrogens is 853 g/mol. The van der Waals surface area contributed by atoms with Gasteiger partial charge in [-0.1, -0.05) is 44.2 Å². The maximum Gasteiger partial charge on any atom is 0.407 e. The zero-order valence-corrected chi connectivity index (χ0v) is 38.5. The lowest BCUT2D eigenvalue weighted by atomic mass is 9.83. The lowest BCUT2D eigenvalue weighted by Crippen LogP contribution is -2.58. The highest BCUT2D eigenvalue weighted by Gasteiger charge is 2.59. The Morgan fingerprint density at radius 3 is 2.31 bits per heavy atom. The number of carbonyl (C=O) groups is 4. The van der Waals surface area contributed by atoms with Crippen LogP contribution in [0.25, 0.3) is 53.6 Å². The fraction of sp³-hybridized carbons (Fsp3) is 0.447. The molecule has 6 aromatic rings. The number of aromatic amines is 2. The molecule has 3 aliphatic rings. The summed E-state index contributed by atoms with van der Waals surface area (Å²) >= 11 is 1.73. The second kappa shape index (κ2) is 17.3. The first-order valence-electron chi connectivity index (χ1n) is 21.9. The molecule has 64 heavy (non-hydrogen) atoms. The number of rotatable bonds is 12. The number of carbonyl (C=O) groups excluding carboxylic acids is 4. The topological polar surface area (TPSA) is 192 Å². The number of aromatic nitrogens is 4. The average molecular weight is 907 g/mol. The first-order chi connectivity index (χ1) is 30.8. The van der Waals surface area contributed by atoms with Crippen LogP contribution in [0.1, 0.15) is 77.0 Å². The number of methoxy groups -OCH3 is 2. The molecule has 5 heterocycles. The molecule has 7 atom stereocenters. The number of alkyl carbamates (subject to hydrolysis) is 2. The molecule has 2 saturated heterocycles. The molecule has 1 aliphatic carbocycles. The van der Waals surface area contributed by atoms with E-state index in [0.29, 0.717) is 6.54 Å². The first-order valence-corrected chi connectivity index (χ1v) is 24.5. The number of hydrogen-bond donors (Lipinski definition) is 4. The van der Waals surface area contributed by atoms with E-state index in [1.807, 2.05) is 35.9 Å². The molecule has 9 rings (SSSR count). The van der Waals surface area contributed by atoms with Crippen LogP contribution < -0.4 is 10.6 Å². The van der Waals surface area contributed by atoms with E-state index in [9.17, 15) is 23.4 Å². The fourth-order valence-corrected chi connectivity index (χ4v) is 12.1. The molecule has 0 spiro atoms. The number of benzene rings is 3. The van der Waals surface area contributed by atoms with Crippen LogP contribution >= 0.6 is 11.3 Å². The van der Waals surface area contributed by atoms with Gasteiger partial charge in [-0.3, -0.25) is 13.8 Å². The lowest BCUT2D eigenvalue weighted by molar-refractivity contribution is -0.143. The summed E-state index contributed by atoms with van der Waals surface area (Å²) in [6, 6.07) is 17.5. The number of hydrogen-bond acceptors (Lipinski definition) is 10. The Morgan fingerprint density at radius 1 is 0.906 bits per heavy atom. The van der Waals surface area contributed by atoms with Crippen LogP contribution in [0.15, 0.2) is 60.8 Å². The Morgan fingerprint density at radius 2 is 1.59 bits per heavy atom. The lowest BCUT2D eigenvalue weighted by Gasteiger charge is -2.44. The van der Waals surface area contributed by atoms with Crippen LogP contribution in [0.5, 0.6) is 0 Å². The van der Waals surface area contributed by atoms with Crippen LogP contribution in [0, 0.1) is 11.8 Å². The third-order valence-corrected chi connectivity index (χ3v) is 15.6. The van der Waals surface area contributed by atoms with Gasteiger partial charge >= 0.3 is 12.2 Å². The van der Waals surface area contributed by atoms with E-state index < -0.39 is 40.6 Å². The zero-order valence-electron chi connectivity index (χ0n) is 36.9. The minimum atomic E-state index is -1.14. The van der Waals surface area contributed by atoms with E-state index in [4.69, 9.17) is 19.4 Å². The van der Waals surface area contributed by atoms with Gasteiger partial charge in [0.15, 0.2) is 0 Å². The van der Waals surface area contributed by atoms with Gasteiger partial charge in [-0.25, -0.2) is 19.6 Å². The summed E-state index contributed by atoms with van der Waals surface area (Å²) in [6.07, 6.45) is 6.67. The van der Waals surface area contributed by atoms with Crippen molar-refractivity contribution in [2.45, 2.75) is 89.0 Å². The summed E-state index contributed by atoms with van der Waals surface area (Å²) in [6.45, 7) is 6.48. The minimum absolute atomic E-state index is 0.0171. The van der Waals surface area contributed by atoms with Crippen molar-refractivity contribution >= 4 is 77.3 Å². The van der Waals surface area contributed by atoms with Crippen LogP contribution in [0.3, 0.4) is 0 Å². The molecule has 4 N–H and O–H groups in total. The van der Waals surface area contributed by atoms with Gasteiger partial charge in [0.05, 0.1) is 43.2 Å². The standard InChI is InChI=1S/C47H54N8O7S2/c1-25(2)40(53-46(59)62-5)43(57)54-18-7-8-37(54)41-48-24-36(49-41)28-10-15-32-31-14-9-27(21-38(31)63-39(32)22-28)26-11-16-33-35(20-26)51-44(50-33)47(3)29-12-13-30(23-29)55(47)42(56)34(17-19-64(6)60)52-45(58)61-4/h9-11,14-16,20-22,24-25,29-30,34,37,40H,7-8,12-13,17-19,23H2,1-6H3,(H,48,49)(H,50,51)(H,52,58)(H,53,59)/t29-,30+,34-,37-,40-,47?,64?/m0/s1. The molecule has 17 heteroatoms. The molecule has 2 unspecified atom stereocenters. The van der Waals surface area contributed by atoms with Crippen molar-refractivity contribution in [3.63, 3.8) is 0 Å². The SMILES string of the molecule is COC(=O)N[C@@H](CCS(C)=O)C(=O)N1[C@@H]2CC[C@@H](C2)C1(C)c1nc2ccc(-c3ccc4c(c3)sc3cc(-c5cnc([C@@H]6CCCN6C(=O)[C@@H](NC(=O)OC)C(C)C)[nH]5)ccc34)cc2[nH]1. The number of ether oxygens (including phenoxy) is 2. The van der Waals surface area contributed by atoms with E-state index in [-0.39, 0.29) is 47.9 Å². The summed E-state index contributed by atoms with van der Waals surface area (Å²) in [7, 11) is 1.42. The van der Waals surface area contributed by atoms with Crippen molar-refractivity contribution in [3.05, 3.63) is 72.4 Å². The predicted molar refractivity (Wildman–Crippen MR) is 248 cm³/mol. The van der Waals surface area contributed by atoms with Crippen LogP contribution in [0.2, 0.25) is 0 Å². The number of thiophene rings is 1. The maximum absolute atomic E-state index is 14.3. The molecule has 2 bridgehead atoms. The summed E-state index contributed by atoms with van der Waals surface area (Å²) in [4.78, 5) is 73.1. The molecule has 3 aromatic heterocycles.